The van der Waals surface area contributed by atoms with Gasteiger partial charge in [-0.25, -0.2) is 4.42 Å². The molecule has 0 saturated carbocycles. The fourth-order valence-electron chi connectivity index (χ4n) is 1.66. The second kappa shape index (κ2) is 8.14. The average molecular weight is 326 g/mol. The Labute approximate surface area is 139 Å². The lowest BCUT2D eigenvalue weighted by Crippen LogP contribution is -2.16. The Hall–Kier alpha value is -2.40. The zero-order chi connectivity index (χ0) is 15.8. The van der Waals surface area contributed by atoms with Gasteiger partial charge in [0, 0.05) is 22.9 Å². The predicted molar refractivity (Wildman–Crippen MR) is 93.8 cm³/mol. The van der Waals surface area contributed by atoms with E-state index in [0.29, 0.717) is 5.17 Å². The molecule has 0 heterocycles. The standard InChI is InChI=1S/C17H12ClN3S/c1-22-17(20-13-19)21(18)16-11-9-15(10-12-16)8-7-14-5-3-2-4-6-14/h2-6,9-12H,1H3. The van der Waals surface area contributed by atoms with Gasteiger partial charge in [0.2, 0.25) is 6.19 Å². The number of amidine groups is 1. The maximum absolute atomic E-state index is 8.63. The van der Waals surface area contributed by atoms with Crippen molar-refractivity contribution in [2.45, 2.75) is 0 Å². The first-order chi connectivity index (χ1) is 10.7. The quantitative estimate of drug-likeness (QED) is 0.259. The first-order valence-corrected chi connectivity index (χ1v) is 7.94. The number of rotatable bonds is 1. The van der Waals surface area contributed by atoms with Crippen molar-refractivity contribution in [3.63, 3.8) is 0 Å². The van der Waals surface area contributed by atoms with Gasteiger partial charge in [0.05, 0.1) is 5.69 Å². The van der Waals surface area contributed by atoms with Gasteiger partial charge in [0.15, 0.2) is 5.17 Å². The maximum Gasteiger partial charge on any atom is 0.208 e. The maximum atomic E-state index is 8.63. The van der Waals surface area contributed by atoms with Gasteiger partial charge in [0.1, 0.15) is 0 Å². The van der Waals surface area contributed by atoms with E-state index in [0.717, 1.165) is 16.8 Å². The highest BCUT2D eigenvalue weighted by atomic mass is 35.5. The number of benzene rings is 2. The van der Waals surface area contributed by atoms with Gasteiger partial charge < -0.3 is 0 Å². The summed E-state index contributed by atoms with van der Waals surface area (Å²) >= 11 is 7.47. The molecule has 0 bridgehead atoms. The smallest absolute Gasteiger partial charge is 0.208 e. The Bertz CT molecular complexity index is 752. The molecule has 108 valence electrons. The number of hydrogen-bond acceptors (Lipinski definition) is 3. The van der Waals surface area contributed by atoms with E-state index in [1.165, 1.54) is 16.2 Å². The molecule has 0 aromatic heterocycles. The Morgan fingerprint density at radius 3 is 2.18 bits per heavy atom. The molecule has 0 unspecified atom stereocenters. The van der Waals surface area contributed by atoms with Crippen molar-refractivity contribution in [1.82, 2.24) is 0 Å². The van der Waals surface area contributed by atoms with Gasteiger partial charge in [0.25, 0.3) is 0 Å². The topological polar surface area (TPSA) is 39.4 Å². The summed E-state index contributed by atoms with van der Waals surface area (Å²) in [5.41, 5.74) is 2.59. The largest absolute Gasteiger partial charge is 0.230 e. The number of hydrogen-bond donors (Lipinski definition) is 0. The van der Waals surface area contributed by atoms with E-state index >= 15 is 0 Å². The van der Waals surface area contributed by atoms with Crippen LogP contribution in [-0.4, -0.2) is 11.4 Å². The Balaban J connectivity index is 2.16. The first-order valence-electron chi connectivity index (χ1n) is 6.38. The molecule has 0 aliphatic carbocycles. The van der Waals surface area contributed by atoms with Gasteiger partial charge in [-0.15, -0.1) is 4.99 Å². The molecule has 0 aliphatic rings. The first kappa shape index (κ1) is 16.0. The molecule has 0 aliphatic heterocycles. The van der Waals surface area contributed by atoms with Gasteiger partial charge in [-0.1, -0.05) is 41.8 Å². The Morgan fingerprint density at radius 2 is 1.64 bits per heavy atom. The van der Waals surface area contributed by atoms with Crippen LogP contribution in [0.25, 0.3) is 0 Å². The van der Waals surface area contributed by atoms with Crippen LogP contribution in [0.4, 0.5) is 5.69 Å². The number of nitrogens with zero attached hydrogens (tertiary/aromatic N) is 3. The minimum Gasteiger partial charge on any atom is -0.230 e. The molecule has 0 N–H and O–H groups in total. The number of halogens is 1. The fourth-order valence-corrected chi connectivity index (χ4v) is 2.42. The second-order valence-corrected chi connectivity index (χ2v) is 5.25. The summed E-state index contributed by atoms with van der Waals surface area (Å²) in [6.07, 6.45) is 3.55. The van der Waals surface area contributed by atoms with Crippen LogP contribution < -0.4 is 4.42 Å². The Kier molecular flexibility index (Phi) is 5.91. The number of thioether (sulfide) groups is 1. The van der Waals surface area contributed by atoms with Crippen LogP contribution in [-0.2, 0) is 0 Å². The zero-order valence-electron chi connectivity index (χ0n) is 11.8. The molecular formula is C17H12ClN3S. The van der Waals surface area contributed by atoms with Gasteiger partial charge >= 0.3 is 0 Å². The predicted octanol–water partition coefficient (Wildman–Crippen LogP) is 4.25. The summed E-state index contributed by atoms with van der Waals surface area (Å²) in [6, 6.07) is 17.2. The number of nitriles is 1. The van der Waals surface area contributed by atoms with Crippen LogP contribution in [0, 0.1) is 23.3 Å². The number of aliphatic imine (C=N–C) groups is 1. The molecule has 5 heteroatoms. The molecule has 0 spiro atoms. The van der Waals surface area contributed by atoms with E-state index in [1.807, 2.05) is 60.9 Å². The van der Waals surface area contributed by atoms with Crippen LogP contribution in [0.5, 0.6) is 0 Å². The summed E-state index contributed by atoms with van der Waals surface area (Å²) in [4.78, 5) is 3.67. The second-order valence-electron chi connectivity index (χ2n) is 4.14. The minimum atomic E-state index is 0.423. The van der Waals surface area contributed by atoms with Crippen molar-refractivity contribution in [1.29, 1.82) is 5.26 Å². The third-order valence-electron chi connectivity index (χ3n) is 2.72. The lowest BCUT2D eigenvalue weighted by molar-refractivity contribution is 1.42. The molecule has 0 saturated heterocycles. The van der Waals surface area contributed by atoms with E-state index in [4.69, 9.17) is 17.0 Å². The van der Waals surface area contributed by atoms with Crippen LogP contribution in [0.2, 0.25) is 0 Å². The summed E-state index contributed by atoms with van der Waals surface area (Å²) in [5.74, 6) is 6.19. The van der Waals surface area contributed by atoms with Gasteiger partial charge in [-0.3, -0.25) is 0 Å². The molecule has 2 rings (SSSR count). The SMILES string of the molecule is CSC(=NC#N)N(Cl)c1ccc(C#Cc2ccccc2)cc1. The minimum absolute atomic E-state index is 0.423. The van der Waals surface area contributed by atoms with Crippen LogP contribution in [0.15, 0.2) is 59.6 Å². The zero-order valence-corrected chi connectivity index (χ0v) is 13.4. The summed E-state index contributed by atoms with van der Waals surface area (Å²) in [6.45, 7) is 0. The van der Waals surface area contributed by atoms with E-state index < -0.39 is 0 Å². The fraction of sp³-hybridized carbons (Fsp3) is 0.0588. The average Bonchev–Trinajstić information content (AvgIpc) is 2.58. The summed E-state index contributed by atoms with van der Waals surface area (Å²) in [5, 5.41) is 9.05. The van der Waals surface area contributed by atoms with E-state index in [2.05, 4.69) is 16.8 Å². The van der Waals surface area contributed by atoms with E-state index in [9.17, 15) is 0 Å². The molecule has 2 aromatic carbocycles. The highest BCUT2D eigenvalue weighted by Gasteiger charge is 2.10. The van der Waals surface area contributed by atoms with Gasteiger partial charge in [-0.2, -0.15) is 5.26 Å². The molecule has 0 radical (unpaired) electrons. The van der Waals surface area contributed by atoms with Crippen molar-refractivity contribution >= 4 is 34.4 Å². The van der Waals surface area contributed by atoms with E-state index in [-0.39, 0.29) is 0 Å². The van der Waals surface area contributed by atoms with Crippen LogP contribution >= 0.6 is 23.5 Å². The lowest BCUT2D eigenvalue weighted by atomic mass is 10.2. The van der Waals surface area contributed by atoms with Crippen molar-refractivity contribution in [3.8, 4) is 18.0 Å². The molecular weight excluding hydrogens is 314 g/mol. The molecule has 0 atom stereocenters. The summed E-state index contributed by atoms with van der Waals surface area (Å²) < 4.78 is 1.35. The third-order valence-corrected chi connectivity index (χ3v) is 3.81. The number of anilines is 1. The summed E-state index contributed by atoms with van der Waals surface area (Å²) in [7, 11) is 0. The molecule has 0 fully saturated rings. The van der Waals surface area contributed by atoms with E-state index in [1.54, 1.807) is 6.19 Å². The molecule has 2 aromatic rings. The van der Waals surface area contributed by atoms with Crippen LogP contribution in [0.1, 0.15) is 11.1 Å². The van der Waals surface area contributed by atoms with Crippen LogP contribution in [0.3, 0.4) is 0 Å². The van der Waals surface area contributed by atoms with Crippen molar-refractivity contribution in [2.24, 2.45) is 4.99 Å². The highest BCUT2D eigenvalue weighted by molar-refractivity contribution is 8.13. The van der Waals surface area contributed by atoms with Crippen molar-refractivity contribution < 1.29 is 0 Å². The molecule has 0 amide bonds. The molecule has 3 nitrogen and oxygen atoms in total. The Morgan fingerprint density at radius 1 is 1.05 bits per heavy atom. The lowest BCUT2D eigenvalue weighted by Gasteiger charge is -2.14. The third kappa shape index (κ3) is 4.30. The normalized spacial score (nSPS) is 10.3. The van der Waals surface area contributed by atoms with Crippen molar-refractivity contribution in [3.05, 3.63) is 65.7 Å². The monoisotopic (exact) mass is 325 g/mol. The highest BCUT2D eigenvalue weighted by Crippen LogP contribution is 2.21. The van der Waals surface area contributed by atoms with Crippen molar-refractivity contribution in [2.75, 3.05) is 10.7 Å². The van der Waals surface area contributed by atoms with Gasteiger partial charge in [-0.05, 0) is 42.7 Å². The molecule has 22 heavy (non-hydrogen) atoms.